The van der Waals surface area contributed by atoms with E-state index >= 15 is 0 Å². The number of H-pyrrole nitrogens is 1. The van der Waals surface area contributed by atoms with Crippen molar-refractivity contribution in [1.82, 2.24) is 15.2 Å². The first kappa shape index (κ1) is 9.92. The maximum atomic E-state index is 5.68. The summed E-state index contributed by atoms with van der Waals surface area (Å²) in [5.74, 6) is 3.29. The van der Waals surface area contributed by atoms with Crippen LogP contribution in [0.4, 0.5) is 5.95 Å². The van der Waals surface area contributed by atoms with E-state index in [0.29, 0.717) is 11.4 Å². The Balaban J connectivity index is 1.79. The summed E-state index contributed by atoms with van der Waals surface area (Å²) in [4.78, 5) is 4.44. The first-order chi connectivity index (χ1) is 8.07. The monoisotopic (exact) mass is 232 g/mol. The van der Waals surface area contributed by atoms with E-state index in [2.05, 4.69) is 22.1 Å². The highest BCUT2D eigenvalue weighted by Gasteiger charge is 2.57. The number of rotatable bonds is 1. The Morgan fingerprint density at radius 1 is 1.24 bits per heavy atom. The fourth-order valence-electron chi connectivity index (χ4n) is 5.51. The second-order valence-corrected chi connectivity index (χ2v) is 7.09. The molecular weight excluding hydrogens is 212 g/mol. The van der Waals surface area contributed by atoms with Crippen LogP contribution in [0.1, 0.15) is 51.3 Å². The van der Waals surface area contributed by atoms with Gasteiger partial charge in [-0.15, -0.1) is 5.10 Å². The van der Waals surface area contributed by atoms with Gasteiger partial charge in [-0.05, 0) is 55.8 Å². The average molecular weight is 232 g/mol. The molecule has 92 valence electrons. The Morgan fingerprint density at radius 2 is 1.94 bits per heavy atom. The van der Waals surface area contributed by atoms with Gasteiger partial charge in [0.1, 0.15) is 5.82 Å². The molecular formula is C13H20N4. The van der Waals surface area contributed by atoms with Gasteiger partial charge in [0.15, 0.2) is 0 Å². The lowest BCUT2D eigenvalue weighted by atomic mass is 9.44. The Hall–Kier alpha value is -1.06. The third-order valence-electron chi connectivity index (χ3n) is 5.36. The van der Waals surface area contributed by atoms with Crippen LogP contribution in [0, 0.1) is 17.3 Å². The molecule has 0 radical (unpaired) electrons. The molecule has 5 rings (SSSR count). The normalized spacial score (nSPS) is 47.6. The highest BCUT2D eigenvalue weighted by atomic mass is 15.3. The van der Waals surface area contributed by atoms with Crippen LogP contribution in [0.2, 0.25) is 0 Å². The zero-order valence-electron chi connectivity index (χ0n) is 10.4. The van der Waals surface area contributed by atoms with Gasteiger partial charge in [0.05, 0.1) is 0 Å². The molecule has 1 aromatic heterocycles. The standard InChI is InChI=1S/C13H20N4/c1-12-3-8-2-9(4-12)6-13(5-8,7-12)10-15-11(14)17-16-10/h8-9H,2-7H2,1H3,(H3,14,15,16,17). The SMILES string of the molecule is CC12CC3CC(C1)CC(c1nc(N)n[nH]1)(C3)C2. The van der Waals surface area contributed by atoms with Gasteiger partial charge in [-0.3, -0.25) is 5.10 Å². The summed E-state index contributed by atoms with van der Waals surface area (Å²) in [6.45, 7) is 2.47. The number of hydrogen-bond acceptors (Lipinski definition) is 3. The molecule has 0 spiro atoms. The number of nitrogens with one attached hydrogen (secondary N) is 1. The zero-order chi connectivity index (χ0) is 11.7. The number of nitrogens with two attached hydrogens (primary N) is 1. The van der Waals surface area contributed by atoms with Gasteiger partial charge in [0.2, 0.25) is 5.95 Å². The third-order valence-corrected chi connectivity index (χ3v) is 5.36. The summed E-state index contributed by atoms with van der Waals surface area (Å²) >= 11 is 0. The summed E-state index contributed by atoms with van der Waals surface area (Å²) in [5, 5.41) is 7.13. The maximum absolute atomic E-state index is 5.68. The zero-order valence-corrected chi connectivity index (χ0v) is 10.4. The Labute approximate surface area is 101 Å². The molecule has 4 aliphatic rings. The predicted molar refractivity (Wildman–Crippen MR) is 65.3 cm³/mol. The van der Waals surface area contributed by atoms with Gasteiger partial charge in [-0.25, -0.2) is 0 Å². The van der Waals surface area contributed by atoms with Crippen molar-refractivity contribution >= 4 is 5.95 Å². The van der Waals surface area contributed by atoms with Gasteiger partial charge in [-0.1, -0.05) is 6.92 Å². The van der Waals surface area contributed by atoms with Gasteiger partial charge in [0.25, 0.3) is 0 Å². The fraction of sp³-hybridized carbons (Fsp3) is 0.846. The van der Waals surface area contributed by atoms with E-state index in [1.54, 1.807) is 0 Å². The van der Waals surface area contributed by atoms with Crippen molar-refractivity contribution in [3.63, 3.8) is 0 Å². The minimum atomic E-state index is 0.267. The molecule has 2 unspecified atom stereocenters. The van der Waals surface area contributed by atoms with Crippen LogP contribution in [-0.2, 0) is 5.41 Å². The molecule has 4 saturated carbocycles. The highest BCUT2D eigenvalue weighted by molar-refractivity contribution is 5.23. The lowest BCUT2D eigenvalue weighted by Gasteiger charge is -2.60. The highest BCUT2D eigenvalue weighted by Crippen LogP contribution is 2.65. The number of anilines is 1. The van der Waals surface area contributed by atoms with Crippen molar-refractivity contribution in [1.29, 1.82) is 0 Å². The first-order valence-corrected chi connectivity index (χ1v) is 6.75. The van der Waals surface area contributed by atoms with E-state index in [9.17, 15) is 0 Å². The number of nitrogen functional groups attached to an aromatic ring is 1. The summed E-state index contributed by atoms with van der Waals surface area (Å²) in [6, 6.07) is 0. The lowest BCUT2D eigenvalue weighted by molar-refractivity contribution is -0.0647. The number of aromatic amines is 1. The van der Waals surface area contributed by atoms with Crippen LogP contribution in [-0.4, -0.2) is 15.2 Å². The van der Waals surface area contributed by atoms with Gasteiger partial charge in [-0.2, -0.15) is 4.98 Å². The molecule has 0 aromatic carbocycles. The van der Waals surface area contributed by atoms with E-state index in [4.69, 9.17) is 5.73 Å². The summed E-state index contributed by atoms with van der Waals surface area (Å²) < 4.78 is 0. The molecule has 0 saturated heterocycles. The Kier molecular flexibility index (Phi) is 1.66. The molecule has 4 fully saturated rings. The van der Waals surface area contributed by atoms with E-state index in [1.165, 1.54) is 38.5 Å². The summed E-state index contributed by atoms with van der Waals surface area (Å²) in [7, 11) is 0. The fourth-order valence-corrected chi connectivity index (χ4v) is 5.51. The van der Waals surface area contributed by atoms with Crippen LogP contribution in [0.25, 0.3) is 0 Å². The Bertz CT molecular complexity index is 450. The average Bonchev–Trinajstić information content (AvgIpc) is 2.61. The van der Waals surface area contributed by atoms with Gasteiger partial charge >= 0.3 is 0 Å². The van der Waals surface area contributed by atoms with Gasteiger partial charge < -0.3 is 5.73 Å². The van der Waals surface area contributed by atoms with E-state index in [1.807, 2.05) is 0 Å². The van der Waals surface area contributed by atoms with Crippen molar-refractivity contribution in [3.8, 4) is 0 Å². The lowest BCUT2D eigenvalue weighted by Crippen LogP contribution is -2.53. The molecule has 1 aromatic rings. The van der Waals surface area contributed by atoms with E-state index in [-0.39, 0.29) is 5.41 Å². The maximum Gasteiger partial charge on any atom is 0.239 e. The first-order valence-electron chi connectivity index (χ1n) is 6.75. The molecule has 0 amide bonds. The quantitative estimate of drug-likeness (QED) is 0.780. The topological polar surface area (TPSA) is 67.6 Å². The van der Waals surface area contributed by atoms with Crippen molar-refractivity contribution in [2.45, 2.75) is 50.9 Å². The molecule has 4 aliphatic carbocycles. The number of hydrogen-bond donors (Lipinski definition) is 2. The summed E-state index contributed by atoms with van der Waals surface area (Å²) in [5.41, 5.74) is 6.49. The van der Waals surface area contributed by atoms with Crippen molar-refractivity contribution in [2.75, 3.05) is 5.73 Å². The van der Waals surface area contributed by atoms with Crippen LogP contribution >= 0.6 is 0 Å². The third kappa shape index (κ3) is 1.30. The molecule has 4 nitrogen and oxygen atoms in total. The number of aromatic nitrogens is 3. The minimum Gasteiger partial charge on any atom is -0.367 e. The molecule has 0 aliphatic heterocycles. The van der Waals surface area contributed by atoms with Crippen LogP contribution in [0.3, 0.4) is 0 Å². The molecule has 17 heavy (non-hydrogen) atoms. The van der Waals surface area contributed by atoms with E-state index < -0.39 is 0 Å². The van der Waals surface area contributed by atoms with Gasteiger partial charge in [0, 0.05) is 5.41 Å². The number of nitrogens with zero attached hydrogens (tertiary/aromatic N) is 2. The Morgan fingerprint density at radius 3 is 2.47 bits per heavy atom. The molecule has 2 atom stereocenters. The summed E-state index contributed by atoms with van der Waals surface area (Å²) in [6.07, 6.45) is 8.17. The van der Waals surface area contributed by atoms with Crippen molar-refractivity contribution in [2.24, 2.45) is 17.3 Å². The van der Waals surface area contributed by atoms with Crippen LogP contribution < -0.4 is 5.73 Å². The second-order valence-electron chi connectivity index (χ2n) is 7.09. The van der Waals surface area contributed by atoms with Crippen molar-refractivity contribution in [3.05, 3.63) is 5.82 Å². The minimum absolute atomic E-state index is 0.267. The smallest absolute Gasteiger partial charge is 0.239 e. The molecule has 4 heteroatoms. The largest absolute Gasteiger partial charge is 0.367 e. The second kappa shape index (κ2) is 2.85. The molecule has 1 heterocycles. The van der Waals surface area contributed by atoms with Crippen molar-refractivity contribution < 1.29 is 0 Å². The molecule has 4 bridgehead atoms. The van der Waals surface area contributed by atoms with E-state index in [0.717, 1.165) is 17.7 Å². The van der Waals surface area contributed by atoms with Crippen LogP contribution in [0.5, 0.6) is 0 Å². The predicted octanol–water partition coefficient (Wildman–Crippen LogP) is 2.24. The molecule has 3 N–H and O–H groups in total. The van der Waals surface area contributed by atoms with Crippen LogP contribution in [0.15, 0.2) is 0 Å².